The standard InChI is InChI=1S/C14H22N2O2/c1-10(5-4-8-15)14(17)16-13-7-6-12(18-3)9-11(13)2/h6-7,9-10H,4-5,8,15H2,1-3H3,(H,16,17). The fraction of sp³-hybridized carbons (Fsp3) is 0.500. The average molecular weight is 250 g/mol. The highest BCUT2D eigenvalue weighted by Gasteiger charge is 2.13. The molecule has 1 unspecified atom stereocenters. The van der Waals surface area contributed by atoms with Crippen molar-refractivity contribution in [3.63, 3.8) is 0 Å². The molecule has 1 aromatic rings. The van der Waals surface area contributed by atoms with Gasteiger partial charge in [0.2, 0.25) is 5.91 Å². The minimum absolute atomic E-state index is 0.0185. The molecule has 0 bridgehead atoms. The van der Waals surface area contributed by atoms with E-state index in [0.717, 1.165) is 29.8 Å². The van der Waals surface area contributed by atoms with Crippen LogP contribution >= 0.6 is 0 Å². The second-order valence-corrected chi connectivity index (χ2v) is 4.50. The molecule has 3 N–H and O–H groups in total. The Labute approximate surface area is 109 Å². The van der Waals surface area contributed by atoms with Gasteiger partial charge in [0.15, 0.2) is 0 Å². The van der Waals surface area contributed by atoms with Crippen molar-refractivity contribution < 1.29 is 9.53 Å². The molecule has 0 saturated heterocycles. The molecule has 4 nitrogen and oxygen atoms in total. The molecule has 0 aliphatic heterocycles. The van der Waals surface area contributed by atoms with Gasteiger partial charge in [-0.2, -0.15) is 0 Å². The number of amides is 1. The number of carbonyl (C=O) groups excluding carboxylic acids is 1. The zero-order valence-corrected chi connectivity index (χ0v) is 11.3. The Kier molecular flexibility index (Phi) is 5.65. The summed E-state index contributed by atoms with van der Waals surface area (Å²) in [4.78, 5) is 11.9. The van der Waals surface area contributed by atoms with Gasteiger partial charge in [-0.3, -0.25) is 4.79 Å². The van der Waals surface area contributed by atoms with Crippen molar-refractivity contribution in [1.29, 1.82) is 0 Å². The van der Waals surface area contributed by atoms with E-state index in [9.17, 15) is 4.79 Å². The van der Waals surface area contributed by atoms with Gasteiger partial charge in [0, 0.05) is 11.6 Å². The Morgan fingerprint density at radius 1 is 1.50 bits per heavy atom. The van der Waals surface area contributed by atoms with Crippen molar-refractivity contribution in [3.05, 3.63) is 23.8 Å². The third-order valence-corrected chi connectivity index (χ3v) is 2.98. The molecule has 4 heteroatoms. The summed E-state index contributed by atoms with van der Waals surface area (Å²) in [5.74, 6) is 0.813. The zero-order valence-electron chi connectivity index (χ0n) is 11.3. The normalized spacial score (nSPS) is 12.0. The van der Waals surface area contributed by atoms with Gasteiger partial charge in [-0.05, 0) is 50.1 Å². The lowest BCUT2D eigenvalue weighted by Gasteiger charge is -2.14. The minimum Gasteiger partial charge on any atom is -0.497 e. The molecule has 18 heavy (non-hydrogen) atoms. The number of aryl methyl sites for hydroxylation is 1. The van der Waals surface area contributed by atoms with Gasteiger partial charge in [-0.1, -0.05) is 6.92 Å². The Morgan fingerprint density at radius 2 is 2.22 bits per heavy atom. The lowest BCUT2D eigenvalue weighted by atomic mass is 10.0. The van der Waals surface area contributed by atoms with Gasteiger partial charge in [-0.25, -0.2) is 0 Å². The Hall–Kier alpha value is -1.55. The largest absolute Gasteiger partial charge is 0.497 e. The maximum atomic E-state index is 11.9. The molecule has 1 aromatic carbocycles. The summed E-state index contributed by atoms with van der Waals surface area (Å²) in [6.07, 6.45) is 1.69. The third kappa shape index (κ3) is 4.04. The van der Waals surface area contributed by atoms with Crippen molar-refractivity contribution in [2.24, 2.45) is 11.7 Å². The molecule has 0 aliphatic rings. The number of carbonyl (C=O) groups is 1. The molecular formula is C14H22N2O2. The van der Waals surface area contributed by atoms with Crippen LogP contribution in [-0.2, 0) is 4.79 Å². The van der Waals surface area contributed by atoms with Gasteiger partial charge >= 0.3 is 0 Å². The summed E-state index contributed by atoms with van der Waals surface area (Å²) < 4.78 is 5.13. The van der Waals surface area contributed by atoms with E-state index in [4.69, 9.17) is 10.5 Å². The van der Waals surface area contributed by atoms with Gasteiger partial charge in [-0.15, -0.1) is 0 Å². The van der Waals surface area contributed by atoms with Gasteiger partial charge < -0.3 is 15.8 Å². The van der Waals surface area contributed by atoms with E-state index in [0.29, 0.717) is 6.54 Å². The molecule has 0 aliphatic carbocycles. The molecular weight excluding hydrogens is 228 g/mol. The third-order valence-electron chi connectivity index (χ3n) is 2.98. The summed E-state index contributed by atoms with van der Waals surface area (Å²) >= 11 is 0. The molecule has 0 saturated carbocycles. The quantitative estimate of drug-likeness (QED) is 0.814. The van der Waals surface area contributed by atoms with Crippen LogP contribution in [-0.4, -0.2) is 19.6 Å². The zero-order chi connectivity index (χ0) is 13.5. The first kappa shape index (κ1) is 14.5. The van der Waals surface area contributed by atoms with E-state index in [1.54, 1.807) is 7.11 Å². The number of benzene rings is 1. The average Bonchev–Trinajstić information content (AvgIpc) is 2.38. The summed E-state index contributed by atoms with van der Waals surface area (Å²) in [5, 5.41) is 2.93. The molecule has 1 amide bonds. The van der Waals surface area contributed by atoms with Crippen LogP contribution in [0.25, 0.3) is 0 Å². The second-order valence-electron chi connectivity index (χ2n) is 4.50. The number of hydrogen-bond acceptors (Lipinski definition) is 3. The topological polar surface area (TPSA) is 64.3 Å². The van der Waals surface area contributed by atoms with Crippen LogP contribution in [0, 0.1) is 12.8 Å². The maximum absolute atomic E-state index is 11.9. The Bertz CT molecular complexity index is 405. The van der Waals surface area contributed by atoms with E-state index < -0.39 is 0 Å². The summed E-state index contributed by atoms with van der Waals surface area (Å²) in [5.41, 5.74) is 7.27. The van der Waals surface area contributed by atoms with E-state index >= 15 is 0 Å². The van der Waals surface area contributed by atoms with E-state index in [1.807, 2.05) is 32.0 Å². The first-order valence-electron chi connectivity index (χ1n) is 6.24. The highest BCUT2D eigenvalue weighted by molar-refractivity contribution is 5.93. The first-order valence-corrected chi connectivity index (χ1v) is 6.24. The highest BCUT2D eigenvalue weighted by atomic mass is 16.5. The van der Waals surface area contributed by atoms with Crippen molar-refractivity contribution in [2.45, 2.75) is 26.7 Å². The lowest BCUT2D eigenvalue weighted by molar-refractivity contribution is -0.119. The fourth-order valence-electron chi connectivity index (χ4n) is 1.71. The maximum Gasteiger partial charge on any atom is 0.227 e. The molecule has 100 valence electrons. The molecule has 0 aromatic heterocycles. The Balaban J connectivity index is 2.64. The number of anilines is 1. The second kappa shape index (κ2) is 7.01. The van der Waals surface area contributed by atoms with Crippen molar-refractivity contribution >= 4 is 11.6 Å². The Morgan fingerprint density at radius 3 is 2.78 bits per heavy atom. The lowest BCUT2D eigenvalue weighted by Crippen LogP contribution is -2.21. The molecule has 1 rings (SSSR count). The number of nitrogens with one attached hydrogen (secondary N) is 1. The number of hydrogen-bond donors (Lipinski definition) is 2. The fourth-order valence-corrected chi connectivity index (χ4v) is 1.71. The van der Waals surface area contributed by atoms with Gasteiger partial charge in [0.25, 0.3) is 0 Å². The van der Waals surface area contributed by atoms with Crippen LogP contribution in [0.3, 0.4) is 0 Å². The number of methoxy groups -OCH3 is 1. The van der Waals surface area contributed by atoms with E-state index in [1.165, 1.54) is 0 Å². The van der Waals surface area contributed by atoms with Crippen LogP contribution in [0.15, 0.2) is 18.2 Å². The van der Waals surface area contributed by atoms with Crippen LogP contribution in [0.5, 0.6) is 5.75 Å². The summed E-state index contributed by atoms with van der Waals surface area (Å²) in [6, 6.07) is 5.61. The molecule has 0 spiro atoms. The molecule has 0 heterocycles. The molecule has 1 atom stereocenters. The van der Waals surface area contributed by atoms with Gasteiger partial charge in [0.1, 0.15) is 5.75 Å². The number of ether oxygens (including phenoxy) is 1. The van der Waals surface area contributed by atoms with Crippen LogP contribution in [0.4, 0.5) is 5.69 Å². The predicted octanol–water partition coefficient (Wildman–Crippen LogP) is 2.32. The smallest absolute Gasteiger partial charge is 0.227 e. The van der Waals surface area contributed by atoms with Crippen LogP contribution in [0.2, 0.25) is 0 Å². The first-order chi connectivity index (χ1) is 8.58. The SMILES string of the molecule is COc1ccc(NC(=O)C(C)CCCN)c(C)c1. The van der Waals surface area contributed by atoms with Crippen molar-refractivity contribution in [2.75, 3.05) is 19.0 Å². The molecule has 0 radical (unpaired) electrons. The monoisotopic (exact) mass is 250 g/mol. The van der Waals surface area contributed by atoms with Crippen LogP contribution < -0.4 is 15.8 Å². The van der Waals surface area contributed by atoms with Crippen molar-refractivity contribution in [1.82, 2.24) is 0 Å². The minimum atomic E-state index is -0.0185. The predicted molar refractivity (Wildman–Crippen MR) is 73.8 cm³/mol. The van der Waals surface area contributed by atoms with Crippen LogP contribution in [0.1, 0.15) is 25.3 Å². The summed E-state index contributed by atoms with van der Waals surface area (Å²) in [7, 11) is 1.63. The number of nitrogens with two attached hydrogens (primary N) is 1. The van der Waals surface area contributed by atoms with Gasteiger partial charge in [0.05, 0.1) is 7.11 Å². The highest BCUT2D eigenvalue weighted by Crippen LogP contribution is 2.21. The van der Waals surface area contributed by atoms with E-state index in [2.05, 4.69) is 5.32 Å². The van der Waals surface area contributed by atoms with E-state index in [-0.39, 0.29) is 11.8 Å². The summed E-state index contributed by atoms with van der Waals surface area (Å²) in [6.45, 7) is 4.49. The van der Waals surface area contributed by atoms with Crippen molar-refractivity contribution in [3.8, 4) is 5.75 Å². The molecule has 0 fully saturated rings. The number of rotatable bonds is 6.